The molecule has 0 aliphatic carbocycles. The van der Waals surface area contributed by atoms with Gasteiger partial charge in [0.05, 0.1) is 12.2 Å². The van der Waals surface area contributed by atoms with Crippen LogP contribution in [0.2, 0.25) is 0 Å². The molecule has 0 aromatic heterocycles. The van der Waals surface area contributed by atoms with Gasteiger partial charge in [-0.3, -0.25) is 0 Å². The summed E-state index contributed by atoms with van der Waals surface area (Å²) in [6.07, 6.45) is 3.46. The highest BCUT2D eigenvalue weighted by atomic mass is 16.5. The van der Waals surface area contributed by atoms with Crippen LogP contribution in [-0.4, -0.2) is 24.8 Å². The Morgan fingerprint density at radius 2 is 2.00 bits per heavy atom. The van der Waals surface area contributed by atoms with Crippen LogP contribution in [0.1, 0.15) is 47.0 Å². The van der Waals surface area contributed by atoms with Crippen LogP contribution in [0.4, 0.5) is 0 Å². The van der Waals surface area contributed by atoms with Crippen LogP contribution in [-0.2, 0) is 4.74 Å². The quantitative estimate of drug-likeness (QED) is 0.751. The highest BCUT2D eigenvalue weighted by Gasteiger charge is 2.38. The van der Waals surface area contributed by atoms with Gasteiger partial charge in [0.1, 0.15) is 0 Å². The smallest absolute Gasteiger partial charge is 0.0830 e. The van der Waals surface area contributed by atoms with Crippen molar-refractivity contribution in [2.45, 2.75) is 58.6 Å². The maximum absolute atomic E-state index is 6.01. The summed E-state index contributed by atoms with van der Waals surface area (Å²) in [5, 5.41) is 3.62. The van der Waals surface area contributed by atoms with Gasteiger partial charge >= 0.3 is 0 Å². The summed E-state index contributed by atoms with van der Waals surface area (Å²) >= 11 is 0. The molecule has 1 rings (SSSR count). The molecule has 0 aromatic carbocycles. The predicted octanol–water partition coefficient (Wildman–Crippen LogP) is 2.58. The Bertz CT molecular complexity index is 164. The van der Waals surface area contributed by atoms with Crippen LogP contribution in [0.5, 0.6) is 0 Å². The van der Waals surface area contributed by atoms with Crippen molar-refractivity contribution >= 4 is 0 Å². The second-order valence-corrected chi connectivity index (χ2v) is 4.76. The fourth-order valence-electron chi connectivity index (χ4n) is 2.49. The molecule has 0 radical (unpaired) electrons. The maximum atomic E-state index is 6.01. The van der Waals surface area contributed by atoms with E-state index in [1.807, 2.05) is 0 Å². The third-order valence-electron chi connectivity index (χ3n) is 3.42. The first-order valence-corrected chi connectivity index (χ1v) is 6.02. The lowest BCUT2D eigenvalue weighted by Gasteiger charge is -2.44. The van der Waals surface area contributed by atoms with E-state index in [2.05, 4.69) is 33.0 Å². The normalized spacial score (nSPS) is 26.8. The number of hydrogen-bond acceptors (Lipinski definition) is 2. The third-order valence-corrected chi connectivity index (χ3v) is 3.42. The molecule has 14 heavy (non-hydrogen) atoms. The van der Waals surface area contributed by atoms with Crippen molar-refractivity contribution in [3.63, 3.8) is 0 Å². The van der Waals surface area contributed by atoms with E-state index in [4.69, 9.17) is 4.74 Å². The molecule has 1 atom stereocenters. The van der Waals surface area contributed by atoms with Crippen LogP contribution < -0.4 is 5.32 Å². The standard InChI is InChI=1S/C12H25NO/c1-5-12(6-2)11(9-10(3)4)13-7-8-14-12/h10-11,13H,5-9H2,1-4H3. The molecule has 1 aliphatic rings. The number of hydrogen-bond donors (Lipinski definition) is 1. The number of rotatable bonds is 4. The summed E-state index contributed by atoms with van der Waals surface area (Å²) in [6, 6.07) is 0.547. The molecule has 1 unspecified atom stereocenters. The van der Waals surface area contributed by atoms with Crippen molar-refractivity contribution in [1.29, 1.82) is 0 Å². The highest BCUT2D eigenvalue weighted by molar-refractivity contribution is 4.94. The molecular weight excluding hydrogens is 174 g/mol. The molecule has 1 saturated heterocycles. The summed E-state index contributed by atoms with van der Waals surface area (Å²) in [6.45, 7) is 10.9. The molecule has 0 aromatic rings. The SMILES string of the molecule is CCC1(CC)OCCNC1CC(C)C. The Kier molecular flexibility index (Phi) is 4.39. The van der Waals surface area contributed by atoms with Gasteiger partial charge in [-0.15, -0.1) is 0 Å². The molecule has 2 heteroatoms. The number of ether oxygens (including phenoxy) is 1. The molecule has 2 nitrogen and oxygen atoms in total. The first-order valence-electron chi connectivity index (χ1n) is 6.02. The minimum atomic E-state index is 0.0997. The van der Waals surface area contributed by atoms with Gasteiger partial charge in [0, 0.05) is 12.6 Å². The van der Waals surface area contributed by atoms with Crippen molar-refractivity contribution in [3.8, 4) is 0 Å². The summed E-state index contributed by atoms with van der Waals surface area (Å²) in [4.78, 5) is 0. The summed E-state index contributed by atoms with van der Waals surface area (Å²) in [5.74, 6) is 0.742. The van der Waals surface area contributed by atoms with Crippen LogP contribution in [0.15, 0.2) is 0 Å². The zero-order chi connectivity index (χ0) is 10.6. The average molecular weight is 199 g/mol. The van der Waals surface area contributed by atoms with Crippen LogP contribution in [0.3, 0.4) is 0 Å². The largest absolute Gasteiger partial charge is 0.372 e. The fraction of sp³-hybridized carbons (Fsp3) is 1.00. The lowest BCUT2D eigenvalue weighted by molar-refractivity contribution is -0.105. The third kappa shape index (κ3) is 2.48. The van der Waals surface area contributed by atoms with Crippen LogP contribution >= 0.6 is 0 Å². The second kappa shape index (κ2) is 5.13. The van der Waals surface area contributed by atoms with Gasteiger partial charge < -0.3 is 10.1 Å². The van der Waals surface area contributed by atoms with E-state index in [1.54, 1.807) is 0 Å². The van der Waals surface area contributed by atoms with E-state index in [-0.39, 0.29) is 5.60 Å². The molecule has 0 bridgehead atoms. The van der Waals surface area contributed by atoms with Gasteiger partial charge in [0.2, 0.25) is 0 Å². The zero-order valence-corrected chi connectivity index (χ0v) is 10.1. The van der Waals surface area contributed by atoms with E-state index in [0.29, 0.717) is 6.04 Å². The highest BCUT2D eigenvalue weighted by Crippen LogP contribution is 2.30. The summed E-state index contributed by atoms with van der Waals surface area (Å²) in [7, 11) is 0. The van der Waals surface area contributed by atoms with Gasteiger partial charge in [-0.25, -0.2) is 0 Å². The van der Waals surface area contributed by atoms with E-state index >= 15 is 0 Å². The maximum Gasteiger partial charge on any atom is 0.0830 e. The van der Waals surface area contributed by atoms with E-state index in [9.17, 15) is 0 Å². The lowest BCUT2D eigenvalue weighted by Crippen LogP contribution is -2.57. The monoisotopic (exact) mass is 199 g/mol. The predicted molar refractivity (Wildman–Crippen MR) is 60.5 cm³/mol. The molecule has 0 saturated carbocycles. The molecule has 1 N–H and O–H groups in total. The minimum Gasteiger partial charge on any atom is -0.372 e. The molecule has 0 spiro atoms. The van der Waals surface area contributed by atoms with Gasteiger partial charge in [-0.2, -0.15) is 0 Å². The minimum absolute atomic E-state index is 0.0997. The van der Waals surface area contributed by atoms with Crippen molar-refractivity contribution in [3.05, 3.63) is 0 Å². The fourth-order valence-corrected chi connectivity index (χ4v) is 2.49. The molecule has 1 fully saturated rings. The number of morpholine rings is 1. The van der Waals surface area contributed by atoms with Crippen molar-refractivity contribution in [2.75, 3.05) is 13.2 Å². The average Bonchev–Trinajstić information content (AvgIpc) is 2.18. The van der Waals surface area contributed by atoms with Crippen molar-refractivity contribution < 1.29 is 4.74 Å². The summed E-state index contributed by atoms with van der Waals surface area (Å²) < 4.78 is 6.01. The van der Waals surface area contributed by atoms with Gasteiger partial charge in [0.25, 0.3) is 0 Å². The Hall–Kier alpha value is -0.0800. The lowest BCUT2D eigenvalue weighted by atomic mass is 9.82. The number of nitrogens with one attached hydrogen (secondary N) is 1. The zero-order valence-electron chi connectivity index (χ0n) is 10.1. The van der Waals surface area contributed by atoms with Gasteiger partial charge in [0.15, 0.2) is 0 Å². The molecule has 1 aliphatic heterocycles. The Balaban J connectivity index is 2.66. The molecule has 0 amide bonds. The van der Waals surface area contributed by atoms with Gasteiger partial charge in [-0.1, -0.05) is 27.7 Å². The summed E-state index contributed by atoms with van der Waals surface area (Å²) in [5.41, 5.74) is 0.0997. The van der Waals surface area contributed by atoms with Crippen LogP contribution in [0, 0.1) is 5.92 Å². The Morgan fingerprint density at radius 1 is 1.36 bits per heavy atom. The first-order chi connectivity index (χ1) is 6.64. The van der Waals surface area contributed by atoms with Crippen molar-refractivity contribution in [1.82, 2.24) is 5.32 Å². The van der Waals surface area contributed by atoms with E-state index in [1.165, 1.54) is 6.42 Å². The van der Waals surface area contributed by atoms with E-state index < -0.39 is 0 Å². The van der Waals surface area contributed by atoms with Crippen molar-refractivity contribution in [2.24, 2.45) is 5.92 Å². The van der Waals surface area contributed by atoms with E-state index in [0.717, 1.165) is 31.9 Å². The molecule has 84 valence electrons. The first kappa shape index (κ1) is 12.0. The topological polar surface area (TPSA) is 21.3 Å². The Labute approximate surface area is 88.4 Å². The molecular formula is C12H25NO. The molecule has 1 heterocycles. The Morgan fingerprint density at radius 3 is 2.50 bits per heavy atom. The van der Waals surface area contributed by atoms with Crippen LogP contribution in [0.25, 0.3) is 0 Å². The second-order valence-electron chi connectivity index (χ2n) is 4.76. The van der Waals surface area contributed by atoms with Gasteiger partial charge in [-0.05, 0) is 25.2 Å².